The van der Waals surface area contributed by atoms with Gasteiger partial charge in [-0.1, -0.05) is 0 Å². The largest absolute Gasteiger partial charge is 0.277 e. The first-order valence-corrected chi connectivity index (χ1v) is 5.63. The van der Waals surface area contributed by atoms with E-state index >= 15 is 0 Å². The van der Waals surface area contributed by atoms with E-state index < -0.39 is 0 Å². The molecule has 4 nitrogen and oxygen atoms in total. The topological polar surface area (TPSA) is 42.4 Å². The van der Waals surface area contributed by atoms with E-state index in [9.17, 15) is 4.79 Å². The summed E-state index contributed by atoms with van der Waals surface area (Å²) in [6.45, 7) is 1.29. The lowest BCUT2D eigenvalue weighted by atomic mass is 10.2. The number of aromatic nitrogens is 1. The van der Waals surface area contributed by atoms with Gasteiger partial charge in [0.25, 0.3) is 5.91 Å². The van der Waals surface area contributed by atoms with Crippen LogP contribution >= 0.6 is 15.9 Å². The molecule has 1 aliphatic rings. The van der Waals surface area contributed by atoms with Gasteiger partial charge in [-0.15, -0.1) is 0 Å². The van der Waals surface area contributed by atoms with E-state index in [2.05, 4.69) is 20.9 Å². The smallest absolute Gasteiger partial charge is 0.271 e. The van der Waals surface area contributed by atoms with Gasteiger partial charge in [0.1, 0.15) is 4.60 Å². The Labute approximate surface area is 96.3 Å². The minimum Gasteiger partial charge on any atom is -0.271 e. The predicted octanol–water partition coefficient (Wildman–Crippen LogP) is 2.01. The summed E-state index contributed by atoms with van der Waals surface area (Å²) in [7, 11) is 0. The van der Waals surface area contributed by atoms with Crippen LogP contribution in [0.2, 0.25) is 0 Å². The number of rotatable bonds is 1. The fourth-order valence-electron chi connectivity index (χ4n) is 1.44. The fourth-order valence-corrected chi connectivity index (χ4v) is 1.80. The Morgan fingerprint density at radius 3 is 3.07 bits per heavy atom. The Balaban J connectivity index is 2.12. The van der Waals surface area contributed by atoms with E-state index in [4.69, 9.17) is 4.84 Å². The number of amides is 1. The van der Waals surface area contributed by atoms with E-state index in [-0.39, 0.29) is 5.91 Å². The highest BCUT2D eigenvalue weighted by atomic mass is 79.9. The van der Waals surface area contributed by atoms with E-state index in [0.29, 0.717) is 23.3 Å². The predicted molar refractivity (Wildman–Crippen MR) is 58.2 cm³/mol. The van der Waals surface area contributed by atoms with Gasteiger partial charge in [0, 0.05) is 18.3 Å². The third-order valence-corrected chi connectivity index (χ3v) is 2.64. The Kier molecular flexibility index (Phi) is 3.33. The first kappa shape index (κ1) is 10.6. The van der Waals surface area contributed by atoms with Crippen LogP contribution in [-0.2, 0) is 4.84 Å². The average molecular weight is 271 g/mol. The normalized spacial score (nSPS) is 16.5. The zero-order valence-electron chi connectivity index (χ0n) is 8.15. The summed E-state index contributed by atoms with van der Waals surface area (Å²) in [5.41, 5.74) is 0.596. The van der Waals surface area contributed by atoms with Crippen LogP contribution < -0.4 is 0 Å². The molecule has 1 saturated heterocycles. The second kappa shape index (κ2) is 4.72. The Hall–Kier alpha value is -0.940. The summed E-state index contributed by atoms with van der Waals surface area (Å²) >= 11 is 3.23. The number of hydrogen-bond donors (Lipinski definition) is 0. The molecule has 0 aliphatic carbocycles. The van der Waals surface area contributed by atoms with E-state index in [0.717, 1.165) is 12.8 Å². The summed E-state index contributed by atoms with van der Waals surface area (Å²) < 4.78 is 0.658. The molecule has 80 valence electrons. The molecule has 0 bridgehead atoms. The summed E-state index contributed by atoms with van der Waals surface area (Å²) in [4.78, 5) is 21.2. The molecular formula is C10H11BrN2O2. The summed E-state index contributed by atoms with van der Waals surface area (Å²) in [6.07, 6.45) is 3.61. The SMILES string of the molecule is O=C(c1ccnc(Br)c1)N1CCCCO1. The fraction of sp³-hybridized carbons (Fsp3) is 0.400. The zero-order valence-corrected chi connectivity index (χ0v) is 9.74. The number of hydroxylamine groups is 2. The van der Waals surface area contributed by atoms with Crippen molar-refractivity contribution in [3.63, 3.8) is 0 Å². The second-order valence-electron chi connectivity index (χ2n) is 3.31. The van der Waals surface area contributed by atoms with Crippen LogP contribution in [0.4, 0.5) is 0 Å². The first-order valence-electron chi connectivity index (χ1n) is 4.84. The highest BCUT2D eigenvalue weighted by Crippen LogP contribution is 2.13. The lowest BCUT2D eigenvalue weighted by Gasteiger charge is -2.25. The van der Waals surface area contributed by atoms with Crippen molar-refractivity contribution in [2.24, 2.45) is 0 Å². The van der Waals surface area contributed by atoms with Crippen molar-refractivity contribution in [1.29, 1.82) is 0 Å². The molecule has 0 atom stereocenters. The van der Waals surface area contributed by atoms with Gasteiger partial charge in [-0.05, 0) is 40.9 Å². The van der Waals surface area contributed by atoms with Crippen molar-refractivity contribution < 1.29 is 9.63 Å². The van der Waals surface area contributed by atoms with Gasteiger partial charge in [0.05, 0.1) is 6.61 Å². The molecule has 0 radical (unpaired) electrons. The number of carbonyl (C=O) groups is 1. The number of pyridine rings is 1. The molecule has 0 saturated carbocycles. The molecule has 1 aliphatic heterocycles. The van der Waals surface area contributed by atoms with Crippen LogP contribution in [-0.4, -0.2) is 29.1 Å². The lowest BCUT2D eigenvalue weighted by molar-refractivity contribution is -0.144. The van der Waals surface area contributed by atoms with Gasteiger partial charge in [-0.2, -0.15) is 0 Å². The van der Waals surface area contributed by atoms with Gasteiger partial charge in [0.15, 0.2) is 0 Å². The van der Waals surface area contributed by atoms with E-state index in [1.807, 2.05) is 0 Å². The molecule has 2 rings (SSSR count). The average Bonchev–Trinajstić information content (AvgIpc) is 2.29. The summed E-state index contributed by atoms with van der Waals surface area (Å²) in [5.74, 6) is -0.0993. The standard InChI is InChI=1S/C10H11BrN2O2/c11-9-7-8(3-4-12-9)10(14)13-5-1-2-6-15-13/h3-4,7H,1-2,5-6H2. The maximum atomic E-state index is 11.9. The maximum Gasteiger partial charge on any atom is 0.277 e. The number of hydrogen-bond acceptors (Lipinski definition) is 3. The van der Waals surface area contributed by atoms with E-state index in [1.165, 1.54) is 5.06 Å². The molecule has 0 spiro atoms. The molecule has 2 heterocycles. The summed E-state index contributed by atoms with van der Waals surface area (Å²) in [6, 6.07) is 3.38. The van der Waals surface area contributed by atoms with Gasteiger partial charge in [-0.25, -0.2) is 10.0 Å². The van der Waals surface area contributed by atoms with Gasteiger partial charge >= 0.3 is 0 Å². The van der Waals surface area contributed by atoms with Crippen LogP contribution in [0.25, 0.3) is 0 Å². The highest BCUT2D eigenvalue weighted by Gasteiger charge is 2.19. The van der Waals surface area contributed by atoms with Crippen LogP contribution in [0.15, 0.2) is 22.9 Å². The minimum atomic E-state index is -0.0993. The molecule has 0 unspecified atom stereocenters. The van der Waals surface area contributed by atoms with Crippen molar-refractivity contribution in [3.8, 4) is 0 Å². The Bertz CT molecular complexity index is 364. The molecule has 1 aromatic heterocycles. The zero-order chi connectivity index (χ0) is 10.7. The van der Waals surface area contributed by atoms with Crippen molar-refractivity contribution in [3.05, 3.63) is 28.5 Å². The van der Waals surface area contributed by atoms with Crippen molar-refractivity contribution in [2.45, 2.75) is 12.8 Å². The highest BCUT2D eigenvalue weighted by molar-refractivity contribution is 9.10. The monoisotopic (exact) mass is 270 g/mol. The molecule has 0 N–H and O–H groups in total. The minimum absolute atomic E-state index is 0.0993. The Morgan fingerprint density at radius 1 is 1.53 bits per heavy atom. The van der Waals surface area contributed by atoms with Crippen LogP contribution in [0.1, 0.15) is 23.2 Å². The maximum absolute atomic E-state index is 11.9. The van der Waals surface area contributed by atoms with Gasteiger partial charge in [0.2, 0.25) is 0 Å². The lowest BCUT2D eigenvalue weighted by Crippen LogP contribution is -2.35. The molecule has 1 aromatic rings. The van der Waals surface area contributed by atoms with Gasteiger partial charge < -0.3 is 0 Å². The van der Waals surface area contributed by atoms with Crippen molar-refractivity contribution >= 4 is 21.8 Å². The number of nitrogens with zero attached hydrogens (tertiary/aromatic N) is 2. The van der Waals surface area contributed by atoms with Crippen molar-refractivity contribution in [2.75, 3.05) is 13.2 Å². The third-order valence-electron chi connectivity index (χ3n) is 2.20. The quantitative estimate of drug-likeness (QED) is 0.734. The molecule has 0 aromatic carbocycles. The first-order chi connectivity index (χ1) is 7.27. The summed E-state index contributed by atoms with van der Waals surface area (Å²) in [5, 5.41) is 1.42. The van der Waals surface area contributed by atoms with Crippen LogP contribution in [0, 0.1) is 0 Å². The molecule has 15 heavy (non-hydrogen) atoms. The molecule has 1 amide bonds. The van der Waals surface area contributed by atoms with Crippen LogP contribution in [0.3, 0.4) is 0 Å². The van der Waals surface area contributed by atoms with E-state index in [1.54, 1.807) is 18.3 Å². The molecular weight excluding hydrogens is 260 g/mol. The number of carbonyl (C=O) groups excluding carboxylic acids is 1. The number of halogens is 1. The van der Waals surface area contributed by atoms with Gasteiger partial charge in [-0.3, -0.25) is 9.63 Å². The van der Waals surface area contributed by atoms with Crippen molar-refractivity contribution in [1.82, 2.24) is 10.0 Å². The Morgan fingerprint density at radius 2 is 2.40 bits per heavy atom. The third kappa shape index (κ3) is 2.54. The van der Waals surface area contributed by atoms with Crippen LogP contribution in [0.5, 0.6) is 0 Å². The second-order valence-corrected chi connectivity index (χ2v) is 4.13. The molecule has 1 fully saturated rings. The molecule has 5 heteroatoms.